The smallest absolute Gasteiger partial charge is 0.159 e. The summed E-state index contributed by atoms with van der Waals surface area (Å²) in [5.41, 5.74) is 1.39. The summed E-state index contributed by atoms with van der Waals surface area (Å²) in [6.45, 7) is 0. The van der Waals surface area contributed by atoms with E-state index >= 15 is 0 Å². The minimum Gasteiger partial charge on any atom is -0.204 e. The van der Waals surface area contributed by atoms with Crippen molar-refractivity contribution in [2.24, 2.45) is 0 Å². The summed E-state index contributed by atoms with van der Waals surface area (Å²) in [6, 6.07) is 9.40. The van der Waals surface area contributed by atoms with Gasteiger partial charge in [-0.05, 0) is 64.0 Å². The molecular formula is C13H7BrClF2I. The Kier molecular flexibility index (Phi) is 4.61. The minimum atomic E-state index is -0.886. The highest BCUT2D eigenvalue weighted by Crippen LogP contribution is 2.34. The van der Waals surface area contributed by atoms with Crippen LogP contribution in [0.5, 0.6) is 0 Å². The van der Waals surface area contributed by atoms with Crippen LogP contribution in [0.1, 0.15) is 16.5 Å². The van der Waals surface area contributed by atoms with E-state index in [0.29, 0.717) is 5.56 Å². The zero-order chi connectivity index (χ0) is 13.3. The average molecular weight is 443 g/mol. The molecule has 0 aliphatic carbocycles. The number of rotatable bonds is 2. The molecule has 18 heavy (non-hydrogen) atoms. The fourth-order valence-electron chi connectivity index (χ4n) is 1.56. The monoisotopic (exact) mass is 442 g/mol. The van der Waals surface area contributed by atoms with Gasteiger partial charge in [-0.15, -0.1) is 11.6 Å². The maximum Gasteiger partial charge on any atom is 0.159 e. The minimum absolute atomic E-state index is 0.510. The molecular weight excluding hydrogens is 436 g/mol. The van der Waals surface area contributed by atoms with E-state index in [1.54, 1.807) is 0 Å². The molecule has 1 unspecified atom stereocenters. The van der Waals surface area contributed by atoms with Gasteiger partial charge in [0, 0.05) is 8.04 Å². The largest absolute Gasteiger partial charge is 0.204 e. The van der Waals surface area contributed by atoms with Crippen LogP contribution < -0.4 is 0 Å². The molecule has 0 heterocycles. The van der Waals surface area contributed by atoms with Crippen LogP contribution in [0.2, 0.25) is 0 Å². The standard InChI is InChI=1S/C13H7BrClF2I/c14-8-2-4-12(18)9(6-8)13(15)7-1-3-10(16)11(17)5-7/h1-6,13H. The molecule has 5 heteroatoms. The number of halogens is 5. The van der Waals surface area contributed by atoms with Crippen molar-refractivity contribution in [2.75, 3.05) is 0 Å². The first-order valence-electron chi connectivity index (χ1n) is 5.03. The van der Waals surface area contributed by atoms with Gasteiger partial charge in [0.25, 0.3) is 0 Å². The molecule has 0 N–H and O–H groups in total. The van der Waals surface area contributed by atoms with Crippen LogP contribution in [0, 0.1) is 15.2 Å². The van der Waals surface area contributed by atoms with E-state index < -0.39 is 17.0 Å². The Morgan fingerprint density at radius 3 is 2.44 bits per heavy atom. The van der Waals surface area contributed by atoms with Gasteiger partial charge < -0.3 is 0 Å². The summed E-state index contributed by atoms with van der Waals surface area (Å²) in [4.78, 5) is 0. The van der Waals surface area contributed by atoms with E-state index in [1.807, 2.05) is 18.2 Å². The lowest BCUT2D eigenvalue weighted by atomic mass is 10.0. The molecule has 2 aromatic carbocycles. The molecule has 0 amide bonds. The second-order valence-electron chi connectivity index (χ2n) is 3.70. The van der Waals surface area contributed by atoms with Gasteiger partial charge >= 0.3 is 0 Å². The van der Waals surface area contributed by atoms with Crippen molar-refractivity contribution >= 4 is 50.1 Å². The van der Waals surface area contributed by atoms with Gasteiger partial charge in [-0.1, -0.05) is 22.0 Å². The topological polar surface area (TPSA) is 0 Å². The summed E-state index contributed by atoms with van der Waals surface area (Å²) in [7, 11) is 0. The van der Waals surface area contributed by atoms with E-state index in [-0.39, 0.29) is 0 Å². The van der Waals surface area contributed by atoms with Crippen LogP contribution in [-0.4, -0.2) is 0 Å². The van der Waals surface area contributed by atoms with Gasteiger partial charge in [0.05, 0.1) is 5.38 Å². The lowest BCUT2D eigenvalue weighted by molar-refractivity contribution is 0.507. The summed E-state index contributed by atoms with van der Waals surface area (Å²) >= 11 is 11.8. The van der Waals surface area contributed by atoms with E-state index in [9.17, 15) is 8.78 Å². The molecule has 2 aromatic rings. The third-order valence-electron chi connectivity index (χ3n) is 2.47. The van der Waals surface area contributed by atoms with E-state index in [2.05, 4.69) is 38.5 Å². The molecule has 0 fully saturated rings. The van der Waals surface area contributed by atoms with Crippen molar-refractivity contribution in [3.63, 3.8) is 0 Å². The first kappa shape index (κ1) is 14.2. The Hall–Kier alpha value is -0.200. The molecule has 0 nitrogen and oxygen atoms in total. The highest BCUT2D eigenvalue weighted by atomic mass is 127. The number of benzene rings is 2. The second-order valence-corrected chi connectivity index (χ2v) is 6.22. The third-order valence-corrected chi connectivity index (χ3v) is 4.43. The van der Waals surface area contributed by atoms with Crippen molar-refractivity contribution in [1.82, 2.24) is 0 Å². The van der Waals surface area contributed by atoms with Crippen LogP contribution in [0.25, 0.3) is 0 Å². The van der Waals surface area contributed by atoms with Crippen LogP contribution >= 0.6 is 50.1 Å². The summed E-state index contributed by atoms with van der Waals surface area (Å²) < 4.78 is 27.9. The number of alkyl halides is 1. The average Bonchev–Trinajstić information content (AvgIpc) is 2.35. The van der Waals surface area contributed by atoms with Crippen LogP contribution in [0.15, 0.2) is 40.9 Å². The normalized spacial score (nSPS) is 12.5. The van der Waals surface area contributed by atoms with Gasteiger partial charge in [-0.2, -0.15) is 0 Å². The predicted molar refractivity (Wildman–Crippen MR) is 80.9 cm³/mol. The van der Waals surface area contributed by atoms with Gasteiger partial charge in [0.15, 0.2) is 11.6 Å². The maximum absolute atomic E-state index is 13.2. The summed E-state index contributed by atoms with van der Waals surface area (Å²) in [6.07, 6.45) is 0. The van der Waals surface area contributed by atoms with Crippen molar-refractivity contribution in [1.29, 1.82) is 0 Å². The molecule has 94 valence electrons. The molecule has 2 rings (SSSR count). The molecule has 0 aromatic heterocycles. The quantitative estimate of drug-likeness (QED) is 0.415. The maximum atomic E-state index is 13.2. The van der Waals surface area contributed by atoms with Crippen LogP contribution in [-0.2, 0) is 0 Å². The third kappa shape index (κ3) is 3.03. The lowest BCUT2D eigenvalue weighted by Gasteiger charge is -2.13. The van der Waals surface area contributed by atoms with Crippen LogP contribution in [0.4, 0.5) is 8.78 Å². The molecule has 0 aliphatic rings. The fourth-order valence-corrected chi connectivity index (χ4v) is 3.08. The Morgan fingerprint density at radius 1 is 1.06 bits per heavy atom. The molecule has 0 bridgehead atoms. The highest BCUT2D eigenvalue weighted by Gasteiger charge is 2.16. The first-order chi connectivity index (χ1) is 8.49. The Balaban J connectivity index is 2.44. The summed E-state index contributed by atoms with van der Waals surface area (Å²) in [5, 5.41) is -0.510. The van der Waals surface area contributed by atoms with Crippen molar-refractivity contribution in [3.05, 3.63) is 67.2 Å². The molecule has 0 radical (unpaired) electrons. The van der Waals surface area contributed by atoms with Crippen molar-refractivity contribution in [2.45, 2.75) is 5.38 Å². The van der Waals surface area contributed by atoms with E-state index in [4.69, 9.17) is 11.6 Å². The lowest BCUT2D eigenvalue weighted by Crippen LogP contribution is -1.98. The van der Waals surface area contributed by atoms with Gasteiger partial charge in [0.1, 0.15) is 0 Å². The van der Waals surface area contributed by atoms with Crippen molar-refractivity contribution in [3.8, 4) is 0 Å². The van der Waals surface area contributed by atoms with Gasteiger partial charge in [-0.25, -0.2) is 8.78 Å². The second kappa shape index (κ2) is 5.84. The van der Waals surface area contributed by atoms with Crippen LogP contribution in [0.3, 0.4) is 0 Å². The highest BCUT2D eigenvalue weighted by molar-refractivity contribution is 14.1. The zero-order valence-electron chi connectivity index (χ0n) is 8.93. The molecule has 0 spiro atoms. The van der Waals surface area contributed by atoms with E-state index in [1.165, 1.54) is 6.07 Å². The number of hydrogen-bond donors (Lipinski definition) is 0. The Morgan fingerprint density at radius 2 is 1.78 bits per heavy atom. The van der Waals surface area contributed by atoms with E-state index in [0.717, 1.165) is 25.7 Å². The van der Waals surface area contributed by atoms with Gasteiger partial charge in [-0.3, -0.25) is 0 Å². The summed E-state index contributed by atoms with van der Waals surface area (Å²) in [5.74, 6) is -1.75. The van der Waals surface area contributed by atoms with Gasteiger partial charge in [0.2, 0.25) is 0 Å². The molecule has 0 aliphatic heterocycles. The molecule has 0 saturated carbocycles. The SMILES string of the molecule is Fc1ccc(C(Cl)c2cc(Br)ccc2I)cc1F. The molecule has 0 saturated heterocycles. The number of hydrogen-bond acceptors (Lipinski definition) is 0. The zero-order valence-corrected chi connectivity index (χ0v) is 13.4. The Labute approximate surface area is 131 Å². The Bertz CT molecular complexity index is 589. The molecule has 1 atom stereocenters. The predicted octanol–water partition coefficient (Wildman–Crippen LogP) is 5.66. The fraction of sp³-hybridized carbons (Fsp3) is 0.0769. The first-order valence-corrected chi connectivity index (χ1v) is 7.34. The van der Waals surface area contributed by atoms with Crippen molar-refractivity contribution < 1.29 is 8.78 Å².